The number of hydrogen-bond donors (Lipinski definition) is 2. The van der Waals surface area contributed by atoms with Gasteiger partial charge in [0.15, 0.2) is 0 Å². The van der Waals surface area contributed by atoms with Gasteiger partial charge in [-0.05, 0) is 18.2 Å². The predicted octanol–water partition coefficient (Wildman–Crippen LogP) is 2.60. The molecule has 3 N–H and O–H groups in total. The van der Waals surface area contributed by atoms with Gasteiger partial charge in [-0.25, -0.2) is 4.39 Å². The van der Waals surface area contributed by atoms with Gasteiger partial charge in [0.05, 0.1) is 5.69 Å². The van der Waals surface area contributed by atoms with Crippen LogP contribution in [0.1, 0.15) is 0 Å². The zero-order valence-electron chi connectivity index (χ0n) is 7.84. The standard InChI is InChI=1S/C11H11FN2/c1-14-11-8-3-2-4-10(13)7(8)5-6-9(11)12/h2-6,14H,13H2,1H3. The fraction of sp³-hybridized carbons (Fsp3) is 0.0909. The molecule has 0 heterocycles. The van der Waals surface area contributed by atoms with Crippen molar-refractivity contribution in [3.05, 3.63) is 36.1 Å². The quantitative estimate of drug-likeness (QED) is 0.678. The highest BCUT2D eigenvalue weighted by atomic mass is 19.1. The number of halogens is 1. The second-order valence-corrected chi connectivity index (χ2v) is 3.11. The van der Waals surface area contributed by atoms with Crippen LogP contribution in [0, 0.1) is 5.82 Å². The molecule has 0 aliphatic heterocycles. The van der Waals surface area contributed by atoms with Gasteiger partial charge in [0.2, 0.25) is 0 Å². The fourth-order valence-corrected chi connectivity index (χ4v) is 1.61. The Morgan fingerprint density at radius 1 is 1.14 bits per heavy atom. The maximum Gasteiger partial charge on any atom is 0.146 e. The zero-order valence-corrected chi connectivity index (χ0v) is 7.84. The smallest absolute Gasteiger partial charge is 0.146 e. The van der Waals surface area contributed by atoms with Crippen LogP contribution < -0.4 is 11.1 Å². The van der Waals surface area contributed by atoms with E-state index in [4.69, 9.17) is 5.73 Å². The number of hydrogen-bond acceptors (Lipinski definition) is 2. The summed E-state index contributed by atoms with van der Waals surface area (Å²) in [6, 6.07) is 8.59. The molecule has 0 unspecified atom stereocenters. The van der Waals surface area contributed by atoms with Crippen molar-refractivity contribution >= 4 is 22.1 Å². The fourth-order valence-electron chi connectivity index (χ4n) is 1.61. The Kier molecular flexibility index (Phi) is 2.00. The highest BCUT2D eigenvalue weighted by Crippen LogP contribution is 2.29. The SMILES string of the molecule is CNc1c(F)ccc2c(N)cccc12. The first-order valence-electron chi connectivity index (χ1n) is 4.38. The minimum absolute atomic E-state index is 0.259. The summed E-state index contributed by atoms with van der Waals surface area (Å²) in [6.07, 6.45) is 0. The Morgan fingerprint density at radius 2 is 1.93 bits per heavy atom. The third-order valence-electron chi connectivity index (χ3n) is 2.29. The Hall–Kier alpha value is -1.77. The Bertz CT molecular complexity index is 480. The van der Waals surface area contributed by atoms with E-state index < -0.39 is 0 Å². The monoisotopic (exact) mass is 190 g/mol. The summed E-state index contributed by atoms with van der Waals surface area (Å²) in [6.45, 7) is 0. The molecule has 3 heteroatoms. The normalized spacial score (nSPS) is 10.4. The van der Waals surface area contributed by atoms with Crippen molar-refractivity contribution in [2.24, 2.45) is 0 Å². The van der Waals surface area contributed by atoms with Gasteiger partial charge in [0.1, 0.15) is 5.82 Å². The Morgan fingerprint density at radius 3 is 2.64 bits per heavy atom. The van der Waals surface area contributed by atoms with Crippen LogP contribution in [-0.4, -0.2) is 7.05 Å². The molecule has 2 aromatic carbocycles. The molecule has 2 aromatic rings. The lowest BCUT2D eigenvalue weighted by Crippen LogP contribution is -1.95. The lowest BCUT2D eigenvalue weighted by atomic mass is 10.1. The van der Waals surface area contributed by atoms with Crippen LogP contribution in [0.4, 0.5) is 15.8 Å². The molecule has 72 valence electrons. The highest BCUT2D eigenvalue weighted by molar-refractivity contribution is 6.00. The molecule has 0 radical (unpaired) electrons. The molecule has 0 spiro atoms. The summed E-state index contributed by atoms with van der Waals surface area (Å²) in [7, 11) is 1.70. The first kappa shape index (κ1) is 8.81. The molecule has 0 atom stereocenters. The van der Waals surface area contributed by atoms with Gasteiger partial charge in [0, 0.05) is 23.5 Å². The first-order chi connectivity index (χ1) is 6.74. The summed E-state index contributed by atoms with van der Waals surface area (Å²) in [5.41, 5.74) is 6.94. The van der Waals surface area contributed by atoms with E-state index in [1.807, 2.05) is 12.1 Å². The van der Waals surface area contributed by atoms with Gasteiger partial charge in [-0.2, -0.15) is 0 Å². The summed E-state index contributed by atoms with van der Waals surface area (Å²) in [5, 5.41) is 4.52. The van der Waals surface area contributed by atoms with Gasteiger partial charge < -0.3 is 11.1 Å². The van der Waals surface area contributed by atoms with Crippen LogP contribution >= 0.6 is 0 Å². The van der Waals surface area contributed by atoms with Gasteiger partial charge in [-0.15, -0.1) is 0 Å². The summed E-state index contributed by atoms with van der Waals surface area (Å²) in [4.78, 5) is 0. The van der Waals surface area contributed by atoms with Crippen LogP contribution in [0.25, 0.3) is 10.8 Å². The predicted molar refractivity (Wildman–Crippen MR) is 57.9 cm³/mol. The molecule has 0 amide bonds. The number of nitrogen functional groups attached to an aromatic ring is 1. The minimum Gasteiger partial charge on any atom is -0.398 e. The van der Waals surface area contributed by atoms with Crippen molar-refractivity contribution in [1.82, 2.24) is 0 Å². The lowest BCUT2D eigenvalue weighted by Gasteiger charge is -2.08. The van der Waals surface area contributed by atoms with E-state index in [0.717, 1.165) is 10.8 Å². The number of benzene rings is 2. The third-order valence-corrected chi connectivity index (χ3v) is 2.29. The molecule has 14 heavy (non-hydrogen) atoms. The molecule has 0 aliphatic rings. The molecule has 0 saturated carbocycles. The summed E-state index contributed by atoms with van der Waals surface area (Å²) < 4.78 is 13.3. The van der Waals surface area contributed by atoms with Crippen molar-refractivity contribution < 1.29 is 4.39 Å². The molecule has 0 aromatic heterocycles. The summed E-state index contributed by atoms with van der Waals surface area (Å²) in [5.74, 6) is -0.259. The number of nitrogens with one attached hydrogen (secondary N) is 1. The van der Waals surface area contributed by atoms with E-state index in [9.17, 15) is 4.39 Å². The van der Waals surface area contributed by atoms with E-state index >= 15 is 0 Å². The summed E-state index contributed by atoms with van der Waals surface area (Å²) >= 11 is 0. The lowest BCUT2D eigenvalue weighted by molar-refractivity contribution is 0.633. The van der Waals surface area contributed by atoms with E-state index in [0.29, 0.717) is 11.4 Å². The van der Waals surface area contributed by atoms with E-state index in [1.165, 1.54) is 6.07 Å². The van der Waals surface area contributed by atoms with Crippen molar-refractivity contribution in [3.63, 3.8) is 0 Å². The molecule has 0 fully saturated rings. The van der Waals surface area contributed by atoms with Crippen molar-refractivity contribution in [2.75, 3.05) is 18.1 Å². The average molecular weight is 190 g/mol. The van der Waals surface area contributed by atoms with E-state index in [1.54, 1.807) is 19.2 Å². The van der Waals surface area contributed by atoms with Crippen molar-refractivity contribution in [2.45, 2.75) is 0 Å². The maximum absolute atomic E-state index is 13.3. The minimum atomic E-state index is -0.259. The number of anilines is 2. The third kappa shape index (κ3) is 1.18. The van der Waals surface area contributed by atoms with Gasteiger partial charge in [-0.3, -0.25) is 0 Å². The van der Waals surface area contributed by atoms with E-state index in [2.05, 4.69) is 5.32 Å². The zero-order chi connectivity index (χ0) is 10.1. The number of fused-ring (bicyclic) bond motifs is 1. The second-order valence-electron chi connectivity index (χ2n) is 3.11. The molecule has 2 nitrogen and oxygen atoms in total. The topological polar surface area (TPSA) is 38.0 Å². The Labute approximate surface area is 81.5 Å². The molecular weight excluding hydrogens is 179 g/mol. The van der Waals surface area contributed by atoms with Crippen LogP contribution in [-0.2, 0) is 0 Å². The molecule has 0 bridgehead atoms. The first-order valence-corrected chi connectivity index (χ1v) is 4.38. The second kappa shape index (κ2) is 3.18. The number of rotatable bonds is 1. The van der Waals surface area contributed by atoms with Gasteiger partial charge in [0.25, 0.3) is 0 Å². The van der Waals surface area contributed by atoms with E-state index in [-0.39, 0.29) is 5.82 Å². The molecule has 0 aliphatic carbocycles. The Balaban J connectivity index is 2.88. The molecule has 0 saturated heterocycles. The average Bonchev–Trinajstić information content (AvgIpc) is 2.18. The van der Waals surface area contributed by atoms with Crippen LogP contribution in [0.3, 0.4) is 0 Å². The largest absolute Gasteiger partial charge is 0.398 e. The van der Waals surface area contributed by atoms with Crippen molar-refractivity contribution in [1.29, 1.82) is 0 Å². The van der Waals surface area contributed by atoms with Crippen LogP contribution in [0.5, 0.6) is 0 Å². The number of nitrogens with two attached hydrogens (primary N) is 1. The highest BCUT2D eigenvalue weighted by Gasteiger charge is 2.06. The molecule has 2 rings (SSSR count). The van der Waals surface area contributed by atoms with Crippen LogP contribution in [0.2, 0.25) is 0 Å². The van der Waals surface area contributed by atoms with Crippen LogP contribution in [0.15, 0.2) is 30.3 Å². The van der Waals surface area contributed by atoms with Crippen molar-refractivity contribution in [3.8, 4) is 0 Å². The van der Waals surface area contributed by atoms with Gasteiger partial charge >= 0.3 is 0 Å². The van der Waals surface area contributed by atoms with Gasteiger partial charge in [-0.1, -0.05) is 12.1 Å². The molecular formula is C11H11FN2. The maximum atomic E-state index is 13.3.